The van der Waals surface area contributed by atoms with Crippen LogP contribution in [0.2, 0.25) is 0 Å². The van der Waals surface area contributed by atoms with Crippen LogP contribution in [0.4, 0.5) is 5.95 Å². The van der Waals surface area contributed by atoms with E-state index in [0.717, 1.165) is 4.40 Å². The fourth-order valence-corrected chi connectivity index (χ4v) is 2.24. The van der Waals surface area contributed by atoms with Crippen LogP contribution in [0.5, 0.6) is 0 Å². The third kappa shape index (κ3) is 1.78. The van der Waals surface area contributed by atoms with Crippen molar-refractivity contribution in [3.05, 3.63) is 22.9 Å². The Balaban J connectivity index is 2.09. The minimum atomic E-state index is -1.27. The normalized spacial score (nSPS) is 30.1. The molecule has 20 heavy (non-hydrogen) atoms. The molecule has 0 aliphatic carbocycles. The molecule has 3 heterocycles. The molecule has 2 aromatic heterocycles. The van der Waals surface area contributed by atoms with Crippen molar-refractivity contribution in [2.24, 2.45) is 0 Å². The third-order valence-corrected chi connectivity index (χ3v) is 3.24. The van der Waals surface area contributed by atoms with Gasteiger partial charge in [-0.05, 0) is 0 Å². The molecule has 0 bridgehead atoms. The number of hydrogen-bond acceptors (Lipinski definition) is 8. The van der Waals surface area contributed by atoms with Crippen molar-refractivity contribution in [3.63, 3.8) is 0 Å². The van der Waals surface area contributed by atoms with Crippen LogP contribution >= 0.6 is 0 Å². The zero-order chi connectivity index (χ0) is 14.4. The fourth-order valence-electron chi connectivity index (χ4n) is 2.24. The maximum absolute atomic E-state index is 11.6. The molecule has 4 atom stereocenters. The number of fused-ring (bicyclic) bond motifs is 1. The van der Waals surface area contributed by atoms with Crippen LogP contribution in [0.3, 0.4) is 0 Å². The van der Waals surface area contributed by atoms with Gasteiger partial charge in [0.1, 0.15) is 18.3 Å². The smallest absolute Gasteiger partial charge is 0.357 e. The molecule has 1 aliphatic rings. The molecule has 10 nitrogen and oxygen atoms in total. The van der Waals surface area contributed by atoms with E-state index in [9.17, 15) is 15.0 Å². The van der Waals surface area contributed by atoms with Crippen LogP contribution in [-0.2, 0) is 4.74 Å². The highest BCUT2D eigenvalue weighted by Crippen LogP contribution is 2.30. The molecule has 5 N–H and O–H groups in total. The zero-order valence-electron chi connectivity index (χ0n) is 10.2. The Morgan fingerprint density at radius 3 is 2.70 bits per heavy atom. The maximum Gasteiger partial charge on any atom is 0.357 e. The van der Waals surface area contributed by atoms with Gasteiger partial charge in [0.05, 0.1) is 6.61 Å². The van der Waals surface area contributed by atoms with Crippen molar-refractivity contribution in [2.75, 3.05) is 12.3 Å². The van der Waals surface area contributed by atoms with Gasteiger partial charge in [-0.2, -0.15) is 9.97 Å². The Hall–Kier alpha value is -2.01. The number of nitrogen functional groups attached to an aromatic ring is 1. The van der Waals surface area contributed by atoms with Crippen LogP contribution in [0.1, 0.15) is 6.23 Å². The van der Waals surface area contributed by atoms with Gasteiger partial charge in [-0.1, -0.05) is 0 Å². The summed E-state index contributed by atoms with van der Waals surface area (Å²) in [5.74, 6) is -0.0842. The average Bonchev–Trinajstić information content (AvgIpc) is 2.93. The Morgan fingerprint density at radius 1 is 1.30 bits per heavy atom. The van der Waals surface area contributed by atoms with E-state index in [0.29, 0.717) is 0 Å². The van der Waals surface area contributed by atoms with E-state index in [2.05, 4.69) is 9.97 Å². The first-order valence-corrected chi connectivity index (χ1v) is 5.88. The number of ether oxygens (including phenoxy) is 1. The quantitative estimate of drug-likeness (QED) is 0.458. The van der Waals surface area contributed by atoms with E-state index < -0.39 is 36.8 Å². The van der Waals surface area contributed by atoms with Crippen molar-refractivity contribution < 1.29 is 20.1 Å². The predicted molar refractivity (Wildman–Crippen MR) is 64.7 cm³/mol. The van der Waals surface area contributed by atoms with Crippen molar-refractivity contribution in [1.29, 1.82) is 0 Å². The molecule has 1 fully saturated rings. The van der Waals surface area contributed by atoms with Gasteiger partial charge in [-0.3, -0.25) is 4.57 Å². The molecular formula is C10H13N5O5. The maximum atomic E-state index is 11.6. The summed E-state index contributed by atoms with van der Waals surface area (Å²) in [6, 6.07) is 0. The molecule has 3 rings (SSSR count). The lowest BCUT2D eigenvalue weighted by Crippen LogP contribution is -2.33. The number of imidazole rings is 1. The SMILES string of the molecule is Nc1nc(=O)n2ccn([C@@H]3O[C@H](CO)[C@@H](O)[C@@H]3O)c2n1. The highest BCUT2D eigenvalue weighted by molar-refractivity contribution is 5.35. The monoisotopic (exact) mass is 283 g/mol. The van der Waals surface area contributed by atoms with Crippen molar-refractivity contribution in [2.45, 2.75) is 24.5 Å². The molecule has 108 valence electrons. The lowest BCUT2D eigenvalue weighted by molar-refractivity contribution is -0.0510. The minimum Gasteiger partial charge on any atom is -0.394 e. The number of nitrogens with two attached hydrogens (primary N) is 1. The van der Waals surface area contributed by atoms with E-state index >= 15 is 0 Å². The van der Waals surface area contributed by atoms with E-state index in [1.54, 1.807) is 0 Å². The molecule has 0 unspecified atom stereocenters. The van der Waals surface area contributed by atoms with Gasteiger partial charge >= 0.3 is 5.69 Å². The lowest BCUT2D eigenvalue weighted by atomic mass is 10.1. The van der Waals surface area contributed by atoms with Gasteiger partial charge in [0.25, 0.3) is 0 Å². The first-order chi connectivity index (χ1) is 9.52. The summed E-state index contributed by atoms with van der Waals surface area (Å²) in [5, 5.41) is 28.8. The number of aromatic nitrogens is 4. The Kier molecular flexibility index (Phi) is 2.94. The Morgan fingerprint density at radius 2 is 2.05 bits per heavy atom. The van der Waals surface area contributed by atoms with E-state index in [1.165, 1.54) is 17.0 Å². The first kappa shape index (κ1) is 13.0. The standard InChI is InChI=1S/C10H13N5O5/c11-8-12-9-14(1-2-15(9)10(19)13-8)7-6(18)5(17)4(3-16)20-7/h1-2,4-7,16-18H,3H2,(H2,11,13,19)/t4-,5-,6+,7-/m1/s1. The number of hydrogen-bond donors (Lipinski definition) is 4. The Bertz CT molecular complexity index is 697. The number of aliphatic hydroxyl groups is 3. The molecule has 0 saturated carbocycles. The van der Waals surface area contributed by atoms with Gasteiger partial charge in [0, 0.05) is 12.4 Å². The summed E-state index contributed by atoms with van der Waals surface area (Å²) in [6.45, 7) is -0.439. The average molecular weight is 283 g/mol. The zero-order valence-corrected chi connectivity index (χ0v) is 10.2. The molecule has 0 amide bonds. The van der Waals surface area contributed by atoms with Gasteiger partial charge in [-0.25, -0.2) is 9.20 Å². The van der Waals surface area contributed by atoms with Crippen LogP contribution in [0.15, 0.2) is 17.2 Å². The van der Waals surface area contributed by atoms with Crippen LogP contribution in [0.25, 0.3) is 5.78 Å². The molecule has 1 aliphatic heterocycles. The topological polar surface area (TPSA) is 148 Å². The molecular weight excluding hydrogens is 270 g/mol. The summed E-state index contributed by atoms with van der Waals surface area (Å²) >= 11 is 0. The molecule has 1 saturated heterocycles. The van der Waals surface area contributed by atoms with Crippen LogP contribution in [-0.4, -0.2) is 59.2 Å². The summed E-state index contributed by atoms with van der Waals surface area (Å²) in [6.07, 6.45) is -1.56. The number of nitrogens with zero attached hydrogens (tertiary/aromatic N) is 4. The molecule has 0 radical (unpaired) electrons. The predicted octanol–water partition coefficient (Wildman–Crippen LogP) is -2.92. The largest absolute Gasteiger partial charge is 0.394 e. The van der Waals surface area contributed by atoms with E-state index in [1.807, 2.05) is 0 Å². The molecule has 0 aromatic carbocycles. The highest BCUT2D eigenvalue weighted by atomic mass is 16.6. The summed E-state index contributed by atoms with van der Waals surface area (Å²) in [4.78, 5) is 19.0. The fraction of sp³-hybridized carbons (Fsp3) is 0.500. The van der Waals surface area contributed by atoms with Crippen molar-refractivity contribution in [1.82, 2.24) is 18.9 Å². The second-order valence-electron chi connectivity index (χ2n) is 4.47. The molecule has 0 spiro atoms. The number of aliphatic hydroxyl groups excluding tert-OH is 3. The summed E-state index contributed by atoms with van der Waals surface area (Å²) in [7, 11) is 0. The highest BCUT2D eigenvalue weighted by Gasteiger charge is 2.43. The second kappa shape index (κ2) is 4.52. The number of rotatable bonds is 2. The van der Waals surface area contributed by atoms with Gasteiger partial charge in [0.2, 0.25) is 11.7 Å². The van der Waals surface area contributed by atoms with Gasteiger partial charge in [0.15, 0.2) is 6.23 Å². The van der Waals surface area contributed by atoms with E-state index in [-0.39, 0.29) is 11.7 Å². The van der Waals surface area contributed by atoms with Gasteiger partial charge in [-0.15, -0.1) is 0 Å². The molecule has 10 heteroatoms. The second-order valence-corrected chi connectivity index (χ2v) is 4.47. The van der Waals surface area contributed by atoms with Crippen LogP contribution < -0.4 is 11.4 Å². The molecule has 2 aromatic rings. The summed E-state index contributed by atoms with van der Waals surface area (Å²) in [5.41, 5.74) is 4.81. The minimum absolute atomic E-state index is 0.123. The lowest BCUT2D eigenvalue weighted by Gasteiger charge is -2.16. The van der Waals surface area contributed by atoms with Gasteiger partial charge < -0.3 is 25.8 Å². The third-order valence-electron chi connectivity index (χ3n) is 3.24. The van der Waals surface area contributed by atoms with Crippen LogP contribution in [0, 0.1) is 0 Å². The van der Waals surface area contributed by atoms with Crippen molar-refractivity contribution >= 4 is 11.7 Å². The van der Waals surface area contributed by atoms with E-state index in [4.69, 9.17) is 15.6 Å². The van der Waals surface area contributed by atoms with Crippen molar-refractivity contribution in [3.8, 4) is 0 Å². The Labute approximate surface area is 111 Å². The summed E-state index contributed by atoms with van der Waals surface area (Å²) < 4.78 is 7.84. The first-order valence-electron chi connectivity index (χ1n) is 5.88. The number of anilines is 1.